The van der Waals surface area contributed by atoms with Crippen LogP contribution in [0.1, 0.15) is 24.1 Å². The molecule has 10 heteroatoms. The van der Waals surface area contributed by atoms with Gasteiger partial charge in [0.25, 0.3) is 5.90 Å². The number of nitrogens with zero attached hydrogens (tertiary/aromatic N) is 3. The molecule has 0 atom stereocenters. The summed E-state index contributed by atoms with van der Waals surface area (Å²) in [4.78, 5) is 19.9. The van der Waals surface area contributed by atoms with Crippen molar-refractivity contribution in [3.05, 3.63) is 53.9 Å². The van der Waals surface area contributed by atoms with Crippen LogP contribution in [0.4, 0.5) is 20.2 Å². The van der Waals surface area contributed by atoms with Gasteiger partial charge in [0.2, 0.25) is 12.3 Å². The Labute approximate surface area is 185 Å². The van der Waals surface area contributed by atoms with E-state index in [1.54, 1.807) is 11.0 Å². The number of ether oxygens (including phenoxy) is 1. The Morgan fingerprint density at radius 3 is 2.50 bits per heavy atom. The molecule has 3 rings (SSSR count). The molecular weight excluding hydrogens is 418 g/mol. The monoisotopic (exact) mass is 444 g/mol. The Morgan fingerprint density at radius 2 is 1.91 bits per heavy atom. The molecule has 1 aromatic heterocycles. The van der Waals surface area contributed by atoms with Crippen LogP contribution in [0.5, 0.6) is 0 Å². The molecule has 0 spiro atoms. The average Bonchev–Trinajstić information content (AvgIpc) is 2.83. The minimum Gasteiger partial charge on any atom is -0.419 e. The third-order valence-electron chi connectivity index (χ3n) is 5.38. The number of piperidine rings is 1. The molecule has 2 aromatic rings. The van der Waals surface area contributed by atoms with Crippen molar-refractivity contribution in [3.63, 3.8) is 0 Å². The molecule has 0 bridgehead atoms. The van der Waals surface area contributed by atoms with Crippen LogP contribution >= 0.6 is 0 Å². The van der Waals surface area contributed by atoms with Crippen LogP contribution in [-0.2, 0) is 16.1 Å². The number of alkyl halides is 2. The van der Waals surface area contributed by atoms with Gasteiger partial charge in [0.15, 0.2) is 0 Å². The molecule has 0 unspecified atom stereocenters. The summed E-state index contributed by atoms with van der Waals surface area (Å²) >= 11 is 0. The summed E-state index contributed by atoms with van der Waals surface area (Å²) < 4.78 is 29.3. The topological polar surface area (TPSA) is 105 Å². The summed E-state index contributed by atoms with van der Waals surface area (Å²) in [6.45, 7) is 2.11. The Kier molecular flexibility index (Phi) is 7.82. The summed E-state index contributed by atoms with van der Waals surface area (Å²) in [7, 11) is 2.04. The fraction of sp³-hybridized carbons (Fsp3) is 0.364. The lowest BCUT2D eigenvalue weighted by atomic mass is 10.0. The van der Waals surface area contributed by atoms with E-state index in [4.69, 9.17) is 10.8 Å². The molecule has 0 radical (unpaired) electrons. The maximum atomic E-state index is 12.4. The zero-order valence-electron chi connectivity index (χ0n) is 17.7. The third kappa shape index (κ3) is 5.64. The number of nitrogens with one attached hydrogen (secondary N) is 3. The Morgan fingerprint density at radius 1 is 1.22 bits per heavy atom. The first-order valence-electron chi connectivity index (χ1n) is 10.2. The fourth-order valence-electron chi connectivity index (χ4n) is 3.62. The zero-order chi connectivity index (χ0) is 23.1. The molecule has 0 aliphatic carbocycles. The molecule has 1 aliphatic heterocycles. The lowest BCUT2D eigenvalue weighted by Crippen LogP contribution is -2.41. The Balaban J connectivity index is 1.74. The summed E-state index contributed by atoms with van der Waals surface area (Å²) in [5.41, 5.74) is 2.42. The number of hydrogen-bond donors (Lipinski definition) is 3. The average molecular weight is 444 g/mol. The van der Waals surface area contributed by atoms with Crippen molar-refractivity contribution in [2.24, 2.45) is 0 Å². The lowest BCUT2D eigenvalue weighted by Gasteiger charge is -2.35. The summed E-state index contributed by atoms with van der Waals surface area (Å²) in [6, 6.07) is 11.1. The normalized spacial score (nSPS) is 14.1. The summed E-state index contributed by atoms with van der Waals surface area (Å²) in [6.07, 6.45) is 0.997. The maximum Gasteiger partial charge on any atom is 0.312 e. The van der Waals surface area contributed by atoms with Crippen molar-refractivity contribution in [1.82, 2.24) is 10.3 Å². The second-order valence-electron chi connectivity index (χ2n) is 7.45. The highest BCUT2D eigenvalue weighted by atomic mass is 19.3. The smallest absolute Gasteiger partial charge is 0.312 e. The van der Waals surface area contributed by atoms with Gasteiger partial charge in [0, 0.05) is 19.3 Å². The number of aromatic nitrogens is 1. The predicted octanol–water partition coefficient (Wildman–Crippen LogP) is 3.02. The highest BCUT2D eigenvalue weighted by Gasteiger charge is 2.22. The van der Waals surface area contributed by atoms with Crippen LogP contribution in [0.25, 0.3) is 0 Å². The second kappa shape index (κ2) is 10.8. The quantitative estimate of drug-likeness (QED) is 0.330. The van der Waals surface area contributed by atoms with Crippen LogP contribution in [0, 0.1) is 10.8 Å². The van der Waals surface area contributed by atoms with Gasteiger partial charge in [-0.25, -0.2) is 0 Å². The highest BCUT2D eigenvalue weighted by molar-refractivity contribution is 5.99. The molecule has 1 amide bonds. The van der Waals surface area contributed by atoms with Gasteiger partial charge in [-0.05, 0) is 50.2 Å². The van der Waals surface area contributed by atoms with Gasteiger partial charge in [-0.3, -0.25) is 20.6 Å². The molecular formula is C22H26F2N6O2. The highest BCUT2D eigenvalue weighted by Crippen LogP contribution is 2.31. The molecule has 1 aliphatic rings. The number of halogens is 2. The molecule has 170 valence electrons. The van der Waals surface area contributed by atoms with Crippen molar-refractivity contribution in [3.8, 4) is 0 Å². The van der Waals surface area contributed by atoms with Crippen molar-refractivity contribution in [1.29, 1.82) is 10.8 Å². The number of amides is 1. The number of benzene rings is 1. The second-order valence-corrected chi connectivity index (χ2v) is 7.45. The van der Waals surface area contributed by atoms with E-state index < -0.39 is 18.2 Å². The third-order valence-corrected chi connectivity index (χ3v) is 5.38. The summed E-state index contributed by atoms with van der Waals surface area (Å²) in [5, 5.41) is 18.1. The van der Waals surface area contributed by atoms with Crippen LogP contribution in [-0.4, -0.2) is 55.8 Å². The number of anilines is 2. The van der Waals surface area contributed by atoms with Gasteiger partial charge in [-0.2, -0.15) is 8.78 Å². The summed E-state index contributed by atoms with van der Waals surface area (Å²) in [5.74, 6) is -1.88. The Bertz CT molecular complexity index is 948. The van der Waals surface area contributed by atoms with Crippen LogP contribution < -0.4 is 15.1 Å². The van der Waals surface area contributed by atoms with E-state index in [0.29, 0.717) is 11.7 Å². The number of pyridine rings is 1. The Hall–Kier alpha value is -3.40. The molecule has 1 aromatic carbocycles. The van der Waals surface area contributed by atoms with Gasteiger partial charge in [0.1, 0.15) is 0 Å². The predicted molar refractivity (Wildman–Crippen MR) is 119 cm³/mol. The molecule has 1 saturated heterocycles. The van der Waals surface area contributed by atoms with E-state index in [0.717, 1.165) is 43.7 Å². The zero-order valence-corrected chi connectivity index (χ0v) is 17.7. The van der Waals surface area contributed by atoms with Gasteiger partial charge in [0.05, 0.1) is 29.2 Å². The van der Waals surface area contributed by atoms with E-state index in [-0.39, 0.29) is 12.1 Å². The standard InChI is InChI=1S/C22H26F2N6O2/c1-29(17-8-10-27-11-9-17)18-4-2-3-5-19(18)30(14-31)13-16-7-6-15(12-28-16)21(25)32-22(26)20(23)24/h2-7,12,14,17,20,25-27H,8-11,13H2,1H3. The maximum absolute atomic E-state index is 12.4. The number of para-hydroxylation sites is 2. The number of rotatable bonds is 8. The fourth-order valence-corrected chi connectivity index (χ4v) is 3.62. The minimum atomic E-state index is -3.09. The van der Waals surface area contributed by atoms with E-state index >= 15 is 0 Å². The van der Waals surface area contributed by atoms with Gasteiger partial charge in [-0.15, -0.1) is 0 Å². The van der Waals surface area contributed by atoms with Crippen LogP contribution in [0.2, 0.25) is 0 Å². The van der Waals surface area contributed by atoms with Gasteiger partial charge in [-0.1, -0.05) is 12.1 Å². The van der Waals surface area contributed by atoms with Crippen LogP contribution in [0.15, 0.2) is 42.6 Å². The number of carbonyl (C=O) groups excluding carboxylic acids is 1. The molecule has 0 saturated carbocycles. The van der Waals surface area contributed by atoms with E-state index in [1.165, 1.54) is 12.3 Å². The minimum absolute atomic E-state index is 0.155. The molecule has 32 heavy (non-hydrogen) atoms. The first kappa shape index (κ1) is 23.3. The lowest BCUT2D eigenvalue weighted by molar-refractivity contribution is -0.107. The van der Waals surface area contributed by atoms with E-state index in [1.807, 2.05) is 31.3 Å². The first-order chi connectivity index (χ1) is 15.4. The molecule has 3 N–H and O–H groups in total. The van der Waals surface area contributed by atoms with Crippen molar-refractivity contribution < 1.29 is 18.3 Å². The molecule has 2 heterocycles. The van der Waals surface area contributed by atoms with Crippen LogP contribution in [0.3, 0.4) is 0 Å². The van der Waals surface area contributed by atoms with Gasteiger partial charge < -0.3 is 19.9 Å². The SMILES string of the molecule is CN(c1ccccc1N(C=O)Cc1ccc(C(=N)OC(=N)C(F)F)cn1)C1CCNCC1. The van der Waals surface area contributed by atoms with Crippen molar-refractivity contribution >= 4 is 29.6 Å². The number of hydrogen-bond acceptors (Lipinski definition) is 7. The molecule has 1 fully saturated rings. The van der Waals surface area contributed by atoms with Crippen molar-refractivity contribution in [2.75, 3.05) is 29.9 Å². The van der Waals surface area contributed by atoms with Crippen molar-refractivity contribution in [2.45, 2.75) is 31.9 Å². The first-order valence-corrected chi connectivity index (χ1v) is 10.2. The van der Waals surface area contributed by atoms with E-state index in [9.17, 15) is 13.6 Å². The van der Waals surface area contributed by atoms with E-state index in [2.05, 4.69) is 19.9 Å². The molecule has 8 nitrogen and oxygen atoms in total. The number of carbonyl (C=O) groups is 1. The largest absolute Gasteiger partial charge is 0.419 e. The van der Waals surface area contributed by atoms with Gasteiger partial charge >= 0.3 is 6.43 Å².